The summed E-state index contributed by atoms with van der Waals surface area (Å²) < 4.78 is 5.37. The van der Waals surface area contributed by atoms with Crippen molar-refractivity contribution in [3.8, 4) is 5.75 Å². The SMILES string of the molecule is COc1ccccc1CN(CC(=O)N1CCN(c2cccc(C)c2)CC1)C(C)=O. The lowest BCUT2D eigenvalue weighted by Gasteiger charge is -2.37. The van der Waals surface area contributed by atoms with Gasteiger partial charge < -0.3 is 19.4 Å². The smallest absolute Gasteiger partial charge is 0.242 e. The molecule has 1 saturated heterocycles. The van der Waals surface area contributed by atoms with E-state index < -0.39 is 0 Å². The van der Waals surface area contributed by atoms with Crippen LogP contribution in [0.15, 0.2) is 48.5 Å². The molecule has 0 atom stereocenters. The number of nitrogens with zero attached hydrogens (tertiary/aromatic N) is 3. The summed E-state index contributed by atoms with van der Waals surface area (Å²) in [4.78, 5) is 30.7. The number of ether oxygens (including phenoxy) is 1. The van der Waals surface area contributed by atoms with Crippen molar-refractivity contribution in [1.29, 1.82) is 0 Å². The molecule has 1 aliphatic heterocycles. The minimum atomic E-state index is -0.123. The van der Waals surface area contributed by atoms with Crippen LogP contribution in [0.4, 0.5) is 5.69 Å². The standard InChI is InChI=1S/C23H29N3O3/c1-18-7-6-9-21(15-18)24-11-13-25(14-12-24)23(28)17-26(19(2)27)16-20-8-4-5-10-22(20)29-3/h4-10,15H,11-14,16-17H2,1-3H3. The third-order valence-corrected chi connectivity index (χ3v) is 5.32. The largest absolute Gasteiger partial charge is 0.496 e. The van der Waals surface area contributed by atoms with Crippen molar-refractivity contribution in [3.05, 3.63) is 59.7 Å². The molecular formula is C23H29N3O3. The minimum Gasteiger partial charge on any atom is -0.496 e. The van der Waals surface area contributed by atoms with Gasteiger partial charge in [0.25, 0.3) is 0 Å². The molecule has 0 saturated carbocycles. The van der Waals surface area contributed by atoms with Gasteiger partial charge in [0, 0.05) is 50.9 Å². The number of piperazine rings is 1. The zero-order chi connectivity index (χ0) is 20.8. The molecule has 0 aliphatic carbocycles. The molecule has 2 amide bonds. The molecule has 154 valence electrons. The van der Waals surface area contributed by atoms with Gasteiger partial charge in [-0.25, -0.2) is 0 Å². The lowest BCUT2D eigenvalue weighted by molar-refractivity contribution is -0.140. The van der Waals surface area contributed by atoms with Crippen LogP contribution < -0.4 is 9.64 Å². The molecule has 0 unspecified atom stereocenters. The molecule has 6 heteroatoms. The zero-order valence-corrected chi connectivity index (χ0v) is 17.4. The second kappa shape index (κ2) is 9.45. The summed E-state index contributed by atoms with van der Waals surface area (Å²) in [6, 6.07) is 16.0. The number of amides is 2. The molecule has 0 radical (unpaired) electrons. The Balaban J connectivity index is 1.59. The molecule has 1 fully saturated rings. The Hall–Kier alpha value is -3.02. The number of methoxy groups -OCH3 is 1. The van der Waals surface area contributed by atoms with E-state index in [9.17, 15) is 9.59 Å². The Bertz CT molecular complexity index is 860. The highest BCUT2D eigenvalue weighted by Gasteiger charge is 2.24. The molecular weight excluding hydrogens is 366 g/mol. The predicted molar refractivity (Wildman–Crippen MR) is 114 cm³/mol. The van der Waals surface area contributed by atoms with Gasteiger partial charge in [-0.3, -0.25) is 9.59 Å². The second-order valence-corrected chi connectivity index (χ2v) is 7.39. The summed E-state index contributed by atoms with van der Waals surface area (Å²) in [5, 5.41) is 0. The van der Waals surface area contributed by atoms with Crippen molar-refractivity contribution >= 4 is 17.5 Å². The molecule has 6 nitrogen and oxygen atoms in total. The van der Waals surface area contributed by atoms with Crippen LogP contribution in [0.3, 0.4) is 0 Å². The van der Waals surface area contributed by atoms with Crippen molar-refractivity contribution in [1.82, 2.24) is 9.80 Å². The molecule has 2 aromatic rings. The van der Waals surface area contributed by atoms with E-state index in [1.807, 2.05) is 29.2 Å². The van der Waals surface area contributed by atoms with Crippen LogP contribution in [0.25, 0.3) is 0 Å². The lowest BCUT2D eigenvalue weighted by atomic mass is 10.1. The Morgan fingerprint density at radius 1 is 1.03 bits per heavy atom. The van der Waals surface area contributed by atoms with Gasteiger partial charge in [-0.15, -0.1) is 0 Å². The highest BCUT2D eigenvalue weighted by Crippen LogP contribution is 2.20. The van der Waals surface area contributed by atoms with Crippen molar-refractivity contribution < 1.29 is 14.3 Å². The second-order valence-electron chi connectivity index (χ2n) is 7.39. The fourth-order valence-electron chi connectivity index (χ4n) is 3.62. The third kappa shape index (κ3) is 5.28. The summed E-state index contributed by atoms with van der Waals surface area (Å²) in [7, 11) is 1.61. The van der Waals surface area contributed by atoms with Crippen LogP contribution >= 0.6 is 0 Å². The number of anilines is 1. The van der Waals surface area contributed by atoms with Gasteiger partial charge >= 0.3 is 0 Å². The molecule has 1 aliphatic rings. The van der Waals surface area contributed by atoms with Crippen LogP contribution in [0.1, 0.15) is 18.1 Å². The van der Waals surface area contributed by atoms with Crippen molar-refractivity contribution in [2.24, 2.45) is 0 Å². The van der Waals surface area contributed by atoms with Crippen LogP contribution in [0.5, 0.6) is 5.75 Å². The van der Waals surface area contributed by atoms with Gasteiger partial charge in [0.15, 0.2) is 0 Å². The first-order chi connectivity index (χ1) is 14.0. The van der Waals surface area contributed by atoms with E-state index in [2.05, 4.69) is 36.1 Å². The molecule has 2 aromatic carbocycles. The molecule has 3 rings (SSSR count). The van der Waals surface area contributed by atoms with Gasteiger partial charge in [0.1, 0.15) is 12.3 Å². The summed E-state index contributed by atoms with van der Waals surface area (Å²) in [6.07, 6.45) is 0. The van der Waals surface area contributed by atoms with Crippen LogP contribution in [0.2, 0.25) is 0 Å². The average Bonchev–Trinajstić information content (AvgIpc) is 2.73. The quantitative estimate of drug-likeness (QED) is 0.755. The van der Waals surface area contributed by atoms with Gasteiger partial charge in [0.2, 0.25) is 11.8 Å². The summed E-state index contributed by atoms with van der Waals surface area (Å²) in [6.45, 7) is 6.93. The number of rotatable bonds is 6. The van der Waals surface area contributed by atoms with E-state index in [4.69, 9.17) is 4.74 Å². The minimum absolute atomic E-state index is 0.0148. The van der Waals surface area contributed by atoms with E-state index in [0.29, 0.717) is 19.6 Å². The van der Waals surface area contributed by atoms with Crippen molar-refractivity contribution in [3.63, 3.8) is 0 Å². The molecule has 0 aromatic heterocycles. The molecule has 0 N–H and O–H groups in total. The maximum absolute atomic E-state index is 12.8. The number of benzene rings is 2. The Labute approximate surface area is 172 Å². The zero-order valence-electron chi connectivity index (χ0n) is 17.4. The fourth-order valence-corrected chi connectivity index (χ4v) is 3.62. The molecule has 29 heavy (non-hydrogen) atoms. The molecule has 1 heterocycles. The van der Waals surface area contributed by atoms with Crippen LogP contribution in [0, 0.1) is 6.92 Å². The van der Waals surface area contributed by atoms with E-state index in [1.54, 1.807) is 12.0 Å². The van der Waals surface area contributed by atoms with E-state index >= 15 is 0 Å². The van der Waals surface area contributed by atoms with Crippen molar-refractivity contribution in [2.75, 3.05) is 44.7 Å². The number of para-hydroxylation sites is 1. The third-order valence-electron chi connectivity index (χ3n) is 5.32. The maximum atomic E-state index is 12.8. The first-order valence-corrected chi connectivity index (χ1v) is 9.94. The first-order valence-electron chi connectivity index (χ1n) is 9.94. The van der Waals surface area contributed by atoms with Gasteiger partial charge in [0.05, 0.1) is 7.11 Å². The summed E-state index contributed by atoms with van der Waals surface area (Å²) >= 11 is 0. The summed E-state index contributed by atoms with van der Waals surface area (Å²) in [5.74, 6) is 0.583. The Morgan fingerprint density at radius 2 is 1.76 bits per heavy atom. The Morgan fingerprint density at radius 3 is 2.41 bits per heavy atom. The first kappa shape index (κ1) is 20.7. The number of hydrogen-bond donors (Lipinski definition) is 0. The van der Waals surface area contributed by atoms with Gasteiger partial charge in [-0.05, 0) is 30.7 Å². The highest BCUT2D eigenvalue weighted by atomic mass is 16.5. The lowest BCUT2D eigenvalue weighted by Crippen LogP contribution is -2.51. The van der Waals surface area contributed by atoms with E-state index in [-0.39, 0.29) is 18.4 Å². The van der Waals surface area contributed by atoms with Crippen LogP contribution in [-0.2, 0) is 16.1 Å². The number of aryl methyl sites for hydroxylation is 1. The highest BCUT2D eigenvalue weighted by molar-refractivity contribution is 5.84. The van der Waals surface area contributed by atoms with Gasteiger partial charge in [-0.1, -0.05) is 30.3 Å². The van der Waals surface area contributed by atoms with E-state index in [1.165, 1.54) is 18.2 Å². The molecule has 0 spiro atoms. The van der Waals surface area contributed by atoms with Crippen molar-refractivity contribution in [2.45, 2.75) is 20.4 Å². The van der Waals surface area contributed by atoms with Crippen LogP contribution in [-0.4, -0.2) is 61.4 Å². The fraction of sp³-hybridized carbons (Fsp3) is 0.391. The number of hydrogen-bond acceptors (Lipinski definition) is 4. The normalized spacial score (nSPS) is 13.9. The maximum Gasteiger partial charge on any atom is 0.242 e. The topological polar surface area (TPSA) is 53.1 Å². The van der Waals surface area contributed by atoms with Gasteiger partial charge in [-0.2, -0.15) is 0 Å². The summed E-state index contributed by atoms with van der Waals surface area (Å²) in [5.41, 5.74) is 3.32. The number of carbonyl (C=O) groups excluding carboxylic acids is 2. The number of carbonyl (C=O) groups is 2. The monoisotopic (exact) mass is 395 g/mol. The Kier molecular flexibility index (Phi) is 6.75. The molecule has 0 bridgehead atoms. The van der Waals surface area contributed by atoms with E-state index in [0.717, 1.165) is 24.4 Å². The predicted octanol–water partition coefficient (Wildman–Crippen LogP) is 2.70. The average molecular weight is 396 g/mol.